The van der Waals surface area contributed by atoms with E-state index in [0.717, 1.165) is 24.1 Å². The van der Waals surface area contributed by atoms with Gasteiger partial charge < -0.3 is 10.0 Å². The third kappa shape index (κ3) is 4.01. The quantitative estimate of drug-likeness (QED) is 0.521. The highest BCUT2D eigenvalue weighted by atomic mass is 16.3. The molecule has 31 heavy (non-hydrogen) atoms. The maximum Gasteiger partial charge on any atom is 0.253 e. The average Bonchev–Trinajstić information content (AvgIpc) is 3.50. The van der Waals surface area contributed by atoms with Crippen LogP contribution in [0.1, 0.15) is 30.1 Å². The molecule has 3 aromatic rings. The number of rotatable bonds is 6. The predicted octanol–water partition coefficient (Wildman–Crippen LogP) is 1.50. The first-order chi connectivity index (χ1) is 15.0. The molecule has 1 aliphatic heterocycles. The van der Waals surface area contributed by atoms with Crippen molar-refractivity contribution in [3.63, 3.8) is 0 Å². The third-order valence-corrected chi connectivity index (χ3v) is 5.62. The molecule has 2 fully saturated rings. The lowest BCUT2D eigenvalue weighted by atomic mass is 10.0. The number of nitrogens with zero attached hydrogens (tertiary/aromatic N) is 4. The van der Waals surface area contributed by atoms with Crippen LogP contribution in [0, 0.1) is 5.92 Å². The zero-order valence-corrected chi connectivity index (χ0v) is 17.2. The molecule has 0 spiro atoms. The van der Waals surface area contributed by atoms with E-state index in [0.29, 0.717) is 30.2 Å². The van der Waals surface area contributed by atoms with Gasteiger partial charge in [-0.2, -0.15) is 4.98 Å². The Bertz CT molecular complexity index is 1130. The smallest absolute Gasteiger partial charge is 0.253 e. The van der Waals surface area contributed by atoms with Gasteiger partial charge in [0.25, 0.3) is 5.91 Å². The second-order valence-electron chi connectivity index (χ2n) is 8.21. The summed E-state index contributed by atoms with van der Waals surface area (Å²) in [5.74, 6) is 0.325. The van der Waals surface area contributed by atoms with Gasteiger partial charge in [0.05, 0.1) is 5.69 Å². The highest BCUT2D eigenvalue weighted by Crippen LogP contribution is 2.30. The lowest BCUT2D eigenvalue weighted by Gasteiger charge is -2.40. The Morgan fingerprint density at radius 2 is 1.87 bits per heavy atom. The molecule has 9 heteroatoms. The summed E-state index contributed by atoms with van der Waals surface area (Å²) in [6.45, 7) is 2.83. The lowest BCUT2D eigenvalue weighted by Crippen LogP contribution is -2.61. The second kappa shape index (κ2) is 7.75. The van der Waals surface area contributed by atoms with Crippen molar-refractivity contribution < 1.29 is 14.7 Å². The summed E-state index contributed by atoms with van der Waals surface area (Å²) in [6.07, 6.45) is 1.26. The fourth-order valence-electron chi connectivity index (χ4n) is 3.79. The van der Waals surface area contributed by atoms with Crippen LogP contribution in [0.15, 0.2) is 42.5 Å². The third-order valence-electron chi connectivity index (χ3n) is 5.62. The van der Waals surface area contributed by atoms with Gasteiger partial charge in [-0.15, -0.1) is 5.10 Å². The van der Waals surface area contributed by atoms with E-state index in [9.17, 15) is 14.7 Å². The first kappa shape index (κ1) is 19.7. The highest BCUT2D eigenvalue weighted by Gasteiger charge is 2.32. The second-order valence-corrected chi connectivity index (χ2v) is 8.21. The molecule has 0 bridgehead atoms. The monoisotopic (exact) mass is 420 g/mol. The maximum absolute atomic E-state index is 12.7. The number of benzene rings is 1. The zero-order valence-electron chi connectivity index (χ0n) is 17.2. The van der Waals surface area contributed by atoms with Gasteiger partial charge in [0.1, 0.15) is 6.23 Å². The van der Waals surface area contributed by atoms with E-state index in [4.69, 9.17) is 0 Å². The number of carbonyl (C=O) groups is 2. The highest BCUT2D eigenvalue weighted by molar-refractivity contribution is 5.95. The molecule has 3 heterocycles. The van der Waals surface area contributed by atoms with E-state index in [1.54, 1.807) is 28.5 Å². The lowest BCUT2D eigenvalue weighted by molar-refractivity contribution is -0.117. The number of nitrogens with one attached hydrogen (secondary N) is 2. The van der Waals surface area contributed by atoms with Gasteiger partial charge in [-0.1, -0.05) is 18.2 Å². The fraction of sp³-hybridized carbons (Fsp3) is 0.364. The van der Waals surface area contributed by atoms with Crippen molar-refractivity contribution in [2.75, 3.05) is 18.4 Å². The van der Waals surface area contributed by atoms with E-state index in [-0.39, 0.29) is 23.8 Å². The van der Waals surface area contributed by atoms with Crippen molar-refractivity contribution in [3.8, 4) is 11.3 Å². The number of aliphatic hydroxyl groups excluding tert-OH is 1. The predicted molar refractivity (Wildman–Crippen MR) is 114 cm³/mol. The summed E-state index contributed by atoms with van der Waals surface area (Å²) in [7, 11) is 0. The fourth-order valence-corrected chi connectivity index (χ4v) is 3.79. The Hall–Kier alpha value is -3.30. The molecule has 1 saturated carbocycles. The zero-order chi connectivity index (χ0) is 21.5. The minimum atomic E-state index is -0.580. The molecule has 1 aromatic carbocycles. The number of hydrogen-bond acceptors (Lipinski definition) is 6. The summed E-state index contributed by atoms with van der Waals surface area (Å²) in [6, 6.07) is 13.2. The molecule has 3 N–H and O–H groups in total. The maximum atomic E-state index is 12.7. The van der Waals surface area contributed by atoms with Crippen molar-refractivity contribution in [1.29, 1.82) is 0 Å². The summed E-state index contributed by atoms with van der Waals surface area (Å²) >= 11 is 0. The van der Waals surface area contributed by atoms with Crippen LogP contribution in [0.5, 0.6) is 0 Å². The van der Waals surface area contributed by atoms with Crippen molar-refractivity contribution in [2.45, 2.75) is 32.0 Å². The topological polar surface area (TPSA) is 112 Å². The van der Waals surface area contributed by atoms with Crippen LogP contribution < -0.4 is 10.6 Å². The Morgan fingerprint density at radius 3 is 2.55 bits per heavy atom. The van der Waals surface area contributed by atoms with Crippen molar-refractivity contribution in [1.82, 2.24) is 24.8 Å². The Labute approximate surface area is 179 Å². The number of likely N-dealkylation sites (tertiary alicyclic amines) is 1. The molecule has 1 saturated heterocycles. The number of fused-ring (bicyclic) bond motifs is 1. The molecule has 2 aromatic heterocycles. The molecule has 9 nitrogen and oxygen atoms in total. The van der Waals surface area contributed by atoms with Gasteiger partial charge in [0.2, 0.25) is 11.9 Å². The summed E-state index contributed by atoms with van der Waals surface area (Å²) < 4.78 is 1.70. The summed E-state index contributed by atoms with van der Waals surface area (Å²) in [4.78, 5) is 30.8. The molecule has 160 valence electrons. The van der Waals surface area contributed by atoms with Crippen LogP contribution >= 0.6 is 0 Å². The van der Waals surface area contributed by atoms with Gasteiger partial charge in [-0.25, -0.2) is 4.52 Å². The normalized spacial score (nSPS) is 17.4. The molecule has 2 amide bonds. The van der Waals surface area contributed by atoms with Gasteiger partial charge in [0, 0.05) is 36.2 Å². The molecule has 1 aliphatic carbocycles. The molecule has 2 aliphatic rings. The van der Waals surface area contributed by atoms with Crippen LogP contribution in [0.4, 0.5) is 5.95 Å². The Kier molecular flexibility index (Phi) is 4.91. The van der Waals surface area contributed by atoms with E-state index in [1.807, 2.05) is 30.3 Å². The van der Waals surface area contributed by atoms with Crippen LogP contribution in [-0.2, 0) is 4.79 Å². The largest absolute Gasteiger partial charge is 0.379 e. The number of carbonyl (C=O) groups excluding carboxylic acids is 2. The molecule has 5 rings (SSSR count). The summed E-state index contributed by atoms with van der Waals surface area (Å²) in [5.41, 5.74) is 2.97. The number of amides is 2. The first-order valence-electron chi connectivity index (χ1n) is 10.5. The number of anilines is 1. The molecular formula is C22H24N6O3. The van der Waals surface area contributed by atoms with Crippen LogP contribution in [0.3, 0.4) is 0 Å². The average molecular weight is 420 g/mol. The Morgan fingerprint density at radius 1 is 1.13 bits per heavy atom. The van der Waals surface area contributed by atoms with Gasteiger partial charge in [0.15, 0.2) is 5.65 Å². The molecule has 0 radical (unpaired) electrons. The first-order valence-corrected chi connectivity index (χ1v) is 10.5. The summed E-state index contributed by atoms with van der Waals surface area (Å²) in [5, 5.41) is 19.6. The van der Waals surface area contributed by atoms with Gasteiger partial charge >= 0.3 is 0 Å². The number of pyridine rings is 1. The van der Waals surface area contributed by atoms with E-state index in [2.05, 4.69) is 20.7 Å². The number of aromatic nitrogens is 3. The molecular weight excluding hydrogens is 396 g/mol. The van der Waals surface area contributed by atoms with E-state index >= 15 is 0 Å². The van der Waals surface area contributed by atoms with Crippen LogP contribution in [0.2, 0.25) is 0 Å². The minimum absolute atomic E-state index is 0.0285. The van der Waals surface area contributed by atoms with Crippen LogP contribution in [-0.4, -0.2) is 61.8 Å². The van der Waals surface area contributed by atoms with E-state index in [1.165, 1.54) is 0 Å². The Balaban J connectivity index is 1.32. The van der Waals surface area contributed by atoms with Gasteiger partial charge in [-0.05, 0) is 44.0 Å². The van der Waals surface area contributed by atoms with Gasteiger partial charge in [-0.3, -0.25) is 20.2 Å². The van der Waals surface area contributed by atoms with Crippen LogP contribution in [0.25, 0.3) is 16.9 Å². The standard InChI is InChI=1S/C22H24N6O3/c1-13(29)23-17-11-27(12-17)21(31)16-9-5-14(6-10-16)18-3-2-4-19-24-22(26-28(18)19)25-20(30)15-7-8-15/h2-6,9-10,13,15,17,23,29H,7-8,11-12H2,1H3,(H,25,26,30). The van der Waals surface area contributed by atoms with Crippen molar-refractivity contribution >= 4 is 23.4 Å². The number of aliphatic hydroxyl groups is 1. The SMILES string of the molecule is CC(O)NC1CN(C(=O)c2ccc(-c3cccc4nc(NC(=O)C5CC5)nn34)cc2)C1. The van der Waals surface area contributed by atoms with E-state index < -0.39 is 6.23 Å². The van der Waals surface area contributed by atoms with Crippen molar-refractivity contribution in [3.05, 3.63) is 48.0 Å². The number of hydrogen-bond donors (Lipinski definition) is 3. The molecule has 1 atom stereocenters. The minimum Gasteiger partial charge on any atom is -0.379 e. The molecule has 1 unspecified atom stereocenters. The van der Waals surface area contributed by atoms with Crippen molar-refractivity contribution in [2.24, 2.45) is 5.92 Å².